The fourth-order valence-corrected chi connectivity index (χ4v) is 8.32. The Morgan fingerprint density at radius 1 is 0.382 bits per heavy atom. The number of para-hydroxylation sites is 1. The van der Waals surface area contributed by atoms with Gasteiger partial charge < -0.3 is 4.57 Å². The molecule has 0 unspecified atom stereocenters. The lowest BCUT2D eigenvalue weighted by atomic mass is 9.93. The van der Waals surface area contributed by atoms with Gasteiger partial charge in [0.25, 0.3) is 0 Å². The summed E-state index contributed by atoms with van der Waals surface area (Å²) in [5, 5.41) is 10.1. The molecule has 0 aliphatic carbocycles. The molecule has 4 heteroatoms. The van der Waals surface area contributed by atoms with Gasteiger partial charge in [-0.2, -0.15) is 0 Å². The molecule has 4 nitrogen and oxygen atoms in total. The fourth-order valence-electron chi connectivity index (χ4n) is 8.32. The second kappa shape index (κ2) is 12.6. The van der Waals surface area contributed by atoms with E-state index < -0.39 is 0 Å². The Balaban J connectivity index is 1.09. The summed E-state index contributed by atoms with van der Waals surface area (Å²) in [6.45, 7) is 0. The van der Waals surface area contributed by atoms with Crippen molar-refractivity contribution in [1.29, 1.82) is 0 Å². The maximum atomic E-state index is 5.16. The van der Waals surface area contributed by atoms with E-state index in [0.29, 0.717) is 5.82 Å². The van der Waals surface area contributed by atoms with Gasteiger partial charge in [0.2, 0.25) is 0 Å². The first-order valence-electron chi connectivity index (χ1n) is 18.6. The summed E-state index contributed by atoms with van der Waals surface area (Å²) < 4.78 is 2.44. The lowest BCUT2D eigenvalue weighted by molar-refractivity contribution is 1.17. The predicted octanol–water partition coefficient (Wildman–Crippen LogP) is 13.1. The van der Waals surface area contributed by atoms with E-state index in [1.807, 2.05) is 18.3 Å². The van der Waals surface area contributed by atoms with Gasteiger partial charge >= 0.3 is 0 Å². The topological polar surface area (TPSA) is 43.6 Å². The molecule has 0 bridgehead atoms. The van der Waals surface area contributed by atoms with Crippen LogP contribution in [0.5, 0.6) is 0 Å². The van der Waals surface area contributed by atoms with E-state index in [9.17, 15) is 0 Å². The van der Waals surface area contributed by atoms with Crippen molar-refractivity contribution in [3.8, 4) is 50.7 Å². The minimum absolute atomic E-state index is 0.687. The first-order chi connectivity index (χ1) is 27.3. The first-order valence-corrected chi connectivity index (χ1v) is 18.6. The highest BCUT2D eigenvalue weighted by atomic mass is 15.0. The molecule has 3 heterocycles. The highest BCUT2D eigenvalue weighted by Crippen LogP contribution is 2.44. The maximum Gasteiger partial charge on any atom is 0.160 e. The summed E-state index contributed by atoms with van der Waals surface area (Å²) in [5.74, 6) is 0.687. The summed E-state index contributed by atoms with van der Waals surface area (Å²) in [4.78, 5) is 14.5. The highest BCUT2D eigenvalue weighted by molar-refractivity contribution is 6.36. The Hall–Kier alpha value is -7.43. The number of rotatable bonds is 5. The zero-order valence-electron chi connectivity index (χ0n) is 29.8. The Kier molecular flexibility index (Phi) is 7.14. The summed E-state index contributed by atoms with van der Waals surface area (Å²) in [6.07, 6.45) is 3.68. The van der Waals surface area contributed by atoms with Gasteiger partial charge in [-0.05, 0) is 68.4 Å². The number of nitrogens with zero attached hydrogens (tertiary/aromatic N) is 4. The van der Waals surface area contributed by atoms with E-state index in [2.05, 4.69) is 179 Å². The SMILES string of the molecule is c1ccc(-c2cc(-c3ccc(-n4c5ccccc5c5c6ccc7ccccc7c6c6ccccc6c54)cc3)nc(-c3ccc(-c4cccnc4)cc3)n2)cc1. The van der Waals surface area contributed by atoms with Crippen molar-refractivity contribution in [2.24, 2.45) is 0 Å². The predicted molar refractivity (Wildman–Crippen MR) is 228 cm³/mol. The summed E-state index contributed by atoms with van der Waals surface area (Å²) in [7, 11) is 0. The van der Waals surface area contributed by atoms with Gasteiger partial charge in [-0.3, -0.25) is 4.98 Å². The number of aromatic nitrogens is 4. The molecule has 0 N–H and O–H groups in total. The van der Waals surface area contributed by atoms with Crippen molar-refractivity contribution in [2.75, 3.05) is 0 Å². The lowest BCUT2D eigenvalue weighted by Gasteiger charge is -2.14. The minimum atomic E-state index is 0.687. The molecule has 256 valence electrons. The molecule has 0 radical (unpaired) electrons. The Bertz CT molecular complexity index is 3220. The monoisotopic (exact) mass is 700 g/mol. The average Bonchev–Trinajstić information content (AvgIpc) is 3.62. The molecule has 0 saturated heterocycles. The van der Waals surface area contributed by atoms with Crippen molar-refractivity contribution in [3.63, 3.8) is 0 Å². The number of benzene rings is 8. The van der Waals surface area contributed by atoms with Crippen LogP contribution in [0.1, 0.15) is 0 Å². The molecule has 0 aliphatic rings. The van der Waals surface area contributed by atoms with Gasteiger partial charge in [-0.15, -0.1) is 0 Å². The largest absolute Gasteiger partial charge is 0.309 e. The number of fused-ring (bicyclic) bond motifs is 10. The third-order valence-electron chi connectivity index (χ3n) is 10.9. The van der Waals surface area contributed by atoms with Gasteiger partial charge in [0.1, 0.15) is 0 Å². The van der Waals surface area contributed by atoms with Crippen molar-refractivity contribution < 1.29 is 0 Å². The van der Waals surface area contributed by atoms with Crippen molar-refractivity contribution in [3.05, 3.63) is 194 Å². The van der Waals surface area contributed by atoms with Crippen molar-refractivity contribution >= 4 is 54.1 Å². The zero-order valence-corrected chi connectivity index (χ0v) is 29.8. The normalized spacial score (nSPS) is 11.6. The third kappa shape index (κ3) is 5.11. The van der Waals surface area contributed by atoms with E-state index in [0.717, 1.165) is 44.9 Å². The summed E-state index contributed by atoms with van der Waals surface area (Å²) in [5.41, 5.74) is 10.5. The van der Waals surface area contributed by atoms with Crippen LogP contribution in [-0.2, 0) is 0 Å². The molecular formula is C51H32N4. The molecule has 0 atom stereocenters. The van der Waals surface area contributed by atoms with Gasteiger partial charge in [-0.25, -0.2) is 9.97 Å². The standard InChI is InChI=1S/C51H32N4/c1-2-12-35(13-3-1)45-31-46(54-51(53-45)37-22-20-33(21-23-37)38-14-10-30-52-32-38)36-24-27-39(28-25-36)55-47-19-9-8-18-43(47)49-44-29-26-34-11-4-5-15-40(34)48(44)41-16-6-7-17-42(41)50(49)55/h1-32H. The van der Waals surface area contributed by atoms with Crippen LogP contribution in [0, 0.1) is 0 Å². The van der Waals surface area contributed by atoms with E-state index in [-0.39, 0.29) is 0 Å². The van der Waals surface area contributed by atoms with Crippen molar-refractivity contribution in [2.45, 2.75) is 0 Å². The summed E-state index contributed by atoms with van der Waals surface area (Å²) >= 11 is 0. The van der Waals surface area contributed by atoms with Gasteiger partial charge in [0.05, 0.1) is 22.4 Å². The molecular weight excluding hydrogens is 669 g/mol. The van der Waals surface area contributed by atoms with Crippen LogP contribution in [0.15, 0.2) is 194 Å². The Morgan fingerprint density at radius 2 is 1.00 bits per heavy atom. The van der Waals surface area contributed by atoms with Gasteiger partial charge in [-0.1, -0.05) is 152 Å². The number of hydrogen-bond acceptors (Lipinski definition) is 3. The smallest absolute Gasteiger partial charge is 0.160 e. The number of hydrogen-bond donors (Lipinski definition) is 0. The molecule has 8 aromatic carbocycles. The minimum Gasteiger partial charge on any atom is -0.309 e. The molecule has 11 aromatic rings. The summed E-state index contributed by atoms with van der Waals surface area (Å²) in [6, 6.07) is 64.7. The van der Waals surface area contributed by atoms with Gasteiger partial charge in [0, 0.05) is 50.9 Å². The molecule has 0 amide bonds. The van der Waals surface area contributed by atoms with Crippen LogP contribution in [0.4, 0.5) is 0 Å². The van der Waals surface area contributed by atoms with Crippen LogP contribution in [0.2, 0.25) is 0 Å². The molecule has 0 saturated carbocycles. The highest BCUT2D eigenvalue weighted by Gasteiger charge is 2.20. The van der Waals surface area contributed by atoms with Crippen molar-refractivity contribution in [1.82, 2.24) is 19.5 Å². The molecule has 55 heavy (non-hydrogen) atoms. The Labute approximate surface area is 317 Å². The second-order valence-corrected chi connectivity index (χ2v) is 14.0. The first kappa shape index (κ1) is 31.1. The third-order valence-corrected chi connectivity index (χ3v) is 10.9. The van der Waals surface area contributed by atoms with E-state index in [1.54, 1.807) is 6.20 Å². The van der Waals surface area contributed by atoms with Crippen LogP contribution in [0.25, 0.3) is 105 Å². The second-order valence-electron chi connectivity index (χ2n) is 14.0. The van der Waals surface area contributed by atoms with E-state index in [4.69, 9.17) is 9.97 Å². The molecule has 0 fully saturated rings. The fraction of sp³-hybridized carbons (Fsp3) is 0. The quantitative estimate of drug-likeness (QED) is 0.168. The van der Waals surface area contributed by atoms with Crippen LogP contribution >= 0.6 is 0 Å². The average molecular weight is 701 g/mol. The zero-order chi connectivity index (χ0) is 36.3. The Morgan fingerprint density at radius 3 is 1.76 bits per heavy atom. The van der Waals surface area contributed by atoms with E-state index in [1.165, 1.54) is 54.1 Å². The maximum absolute atomic E-state index is 5.16. The molecule has 0 aliphatic heterocycles. The lowest BCUT2D eigenvalue weighted by Crippen LogP contribution is -1.97. The van der Waals surface area contributed by atoms with Crippen LogP contribution in [-0.4, -0.2) is 19.5 Å². The van der Waals surface area contributed by atoms with Crippen LogP contribution < -0.4 is 0 Å². The van der Waals surface area contributed by atoms with Crippen LogP contribution in [0.3, 0.4) is 0 Å². The van der Waals surface area contributed by atoms with E-state index >= 15 is 0 Å². The molecule has 0 spiro atoms. The molecule has 3 aromatic heterocycles. The molecule has 11 rings (SSSR count). The number of pyridine rings is 1. The van der Waals surface area contributed by atoms with Gasteiger partial charge in [0.15, 0.2) is 5.82 Å².